The summed E-state index contributed by atoms with van der Waals surface area (Å²) in [5.41, 5.74) is 2.17. The van der Waals surface area contributed by atoms with Crippen molar-refractivity contribution in [1.29, 1.82) is 0 Å². The number of benzene rings is 1. The molecule has 0 amide bonds. The maximum Gasteiger partial charge on any atom is 0.167 e. The molecule has 0 N–H and O–H groups in total. The van der Waals surface area contributed by atoms with E-state index in [9.17, 15) is 0 Å². The molecule has 0 saturated heterocycles. The molecule has 0 fully saturated rings. The van der Waals surface area contributed by atoms with Crippen LogP contribution in [0.25, 0.3) is 11.0 Å². The average molecular weight is 147 g/mol. The predicted molar refractivity (Wildman–Crippen MR) is 43.4 cm³/mol. The lowest BCUT2D eigenvalue weighted by Gasteiger charge is -1.92. The van der Waals surface area contributed by atoms with Crippen molar-refractivity contribution in [2.24, 2.45) is 0 Å². The van der Waals surface area contributed by atoms with Crippen molar-refractivity contribution < 1.29 is 4.52 Å². The van der Waals surface area contributed by atoms with E-state index >= 15 is 0 Å². The highest BCUT2D eigenvalue weighted by Crippen LogP contribution is 2.14. The van der Waals surface area contributed by atoms with Crippen molar-refractivity contribution in [3.8, 4) is 0 Å². The highest BCUT2D eigenvalue weighted by molar-refractivity contribution is 5.76. The Bertz CT molecular complexity index is 364. The Morgan fingerprint density at radius 3 is 3.18 bits per heavy atom. The van der Waals surface area contributed by atoms with Crippen LogP contribution in [0.3, 0.4) is 0 Å². The minimum Gasteiger partial charge on any atom is -0.356 e. The summed E-state index contributed by atoms with van der Waals surface area (Å²) in [6.45, 7) is 2.12. The maximum absolute atomic E-state index is 5.01. The molecule has 2 heteroatoms. The Labute approximate surface area is 64.8 Å². The second kappa shape index (κ2) is 2.38. The van der Waals surface area contributed by atoms with Gasteiger partial charge in [-0.25, -0.2) is 0 Å². The fourth-order valence-electron chi connectivity index (χ4n) is 1.12. The lowest BCUT2D eigenvalue weighted by atomic mass is 10.1. The Kier molecular flexibility index (Phi) is 1.39. The molecule has 0 radical (unpaired) electrons. The van der Waals surface area contributed by atoms with Gasteiger partial charge in [-0.3, -0.25) is 0 Å². The lowest BCUT2D eigenvalue weighted by Crippen LogP contribution is -1.76. The van der Waals surface area contributed by atoms with Gasteiger partial charge in [0, 0.05) is 5.39 Å². The molecule has 1 heterocycles. The van der Waals surface area contributed by atoms with Gasteiger partial charge >= 0.3 is 0 Å². The normalized spacial score (nSPS) is 10.6. The van der Waals surface area contributed by atoms with Crippen molar-refractivity contribution in [1.82, 2.24) is 5.16 Å². The molecule has 0 aliphatic carbocycles. The molecule has 0 bridgehead atoms. The number of hydrogen-bond acceptors (Lipinski definition) is 2. The molecule has 0 aliphatic heterocycles. The summed E-state index contributed by atoms with van der Waals surface area (Å²) < 4.78 is 5.01. The lowest BCUT2D eigenvalue weighted by molar-refractivity contribution is 0.456. The number of fused-ring (bicyclic) bond motifs is 1. The van der Waals surface area contributed by atoms with E-state index in [0.29, 0.717) is 0 Å². The zero-order chi connectivity index (χ0) is 7.68. The monoisotopic (exact) mass is 147 g/mol. The van der Waals surface area contributed by atoms with E-state index in [1.54, 1.807) is 6.20 Å². The molecule has 2 nitrogen and oxygen atoms in total. The number of hydrogen-bond donors (Lipinski definition) is 0. The van der Waals surface area contributed by atoms with Crippen LogP contribution in [-0.4, -0.2) is 5.16 Å². The molecular formula is C9H9NO. The summed E-state index contributed by atoms with van der Waals surface area (Å²) in [5, 5.41) is 4.77. The molecule has 1 aromatic carbocycles. The second-order valence-corrected chi connectivity index (χ2v) is 2.55. The fraction of sp³-hybridized carbons (Fsp3) is 0.222. The number of nitrogens with zero attached hydrogens (tertiary/aromatic N) is 1. The summed E-state index contributed by atoms with van der Waals surface area (Å²) in [4.78, 5) is 0. The van der Waals surface area contributed by atoms with Crippen molar-refractivity contribution in [2.75, 3.05) is 0 Å². The van der Waals surface area contributed by atoms with Gasteiger partial charge in [0.15, 0.2) is 5.58 Å². The topological polar surface area (TPSA) is 26.0 Å². The second-order valence-electron chi connectivity index (χ2n) is 2.55. The third-order valence-corrected chi connectivity index (χ3v) is 1.83. The van der Waals surface area contributed by atoms with E-state index in [1.807, 2.05) is 12.1 Å². The van der Waals surface area contributed by atoms with Crippen molar-refractivity contribution in [2.45, 2.75) is 13.3 Å². The van der Waals surface area contributed by atoms with Crippen LogP contribution in [0.4, 0.5) is 0 Å². The first-order valence-corrected chi connectivity index (χ1v) is 3.73. The first kappa shape index (κ1) is 6.40. The molecule has 56 valence electrons. The summed E-state index contributed by atoms with van der Waals surface area (Å²) in [5.74, 6) is 0. The molecule has 11 heavy (non-hydrogen) atoms. The third-order valence-electron chi connectivity index (χ3n) is 1.83. The van der Waals surface area contributed by atoms with Crippen LogP contribution in [0, 0.1) is 0 Å². The molecule has 0 aliphatic rings. The number of aryl methyl sites for hydroxylation is 1. The molecule has 0 saturated carbocycles. The van der Waals surface area contributed by atoms with Crippen molar-refractivity contribution in [3.05, 3.63) is 30.0 Å². The van der Waals surface area contributed by atoms with Gasteiger partial charge in [-0.2, -0.15) is 0 Å². The average Bonchev–Trinajstić information content (AvgIpc) is 2.50. The minimum absolute atomic E-state index is 0.879. The Morgan fingerprint density at radius 1 is 1.45 bits per heavy atom. The van der Waals surface area contributed by atoms with Crippen molar-refractivity contribution >= 4 is 11.0 Å². The van der Waals surface area contributed by atoms with E-state index in [4.69, 9.17) is 4.52 Å². The van der Waals surface area contributed by atoms with Gasteiger partial charge in [-0.1, -0.05) is 18.1 Å². The van der Waals surface area contributed by atoms with Gasteiger partial charge in [0.25, 0.3) is 0 Å². The third kappa shape index (κ3) is 1.00. The first-order chi connectivity index (χ1) is 5.40. The van der Waals surface area contributed by atoms with Crippen LogP contribution >= 0.6 is 0 Å². The molecule has 0 atom stereocenters. The number of aromatic nitrogens is 1. The SMILES string of the molecule is CCc1ccc2cnoc2c1. The highest BCUT2D eigenvalue weighted by Gasteiger charge is 1.97. The maximum atomic E-state index is 5.01. The van der Waals surface area contributed by atoms with Gasteiger partial charge < -0.3 is 4.52 Å². The van der Waals surface area contributed by atoms with Crippen LogP contribution in [0.1, 0.15) is 12.5 Å². The van der Waals surface area contributed by atoms with Crippen LogP contribution in [0.15, 0.2) is 28.9 Å². The standard InChI is InChI=1S/C9H9NO/c1-2-7-3-4-8-6-10-11-9(8)5-7/h3-6H,2H2,1H3. The Morgan fingerprint density at radius 2 is 2.36 bits per heavy atom. The van der Waals surface area contributed by atoms with Crippen LogP contribution in [0.5, 0.6) is 0 Å². The Hall–Kier alpha value is -1.31. The van der Waals surface area contributed by atoms with Crippen LogP contribution < -0.4 is 0 Å². The first-order valence-electron chi connectivity index (χ1n) is 3.73. The predicted octanol–water partition coefficient (Wildman–Crippen LogP) is 2.39. The summed E-state index contributed by atoms with van der Waals surface area (Å²) >= 11 is 0. The summed E-state index contributed by atoms with van der Waals surface area (Å²) in [6.07, 6.45) is 2.77. The van der Waals surface area contributed by atoms with E-state index < -0.39 is 0 Å². The molecule has 1 aromatic heterocycles. The minimum atomic E-state index is 0.879. The molecule has 0 spiro atoms. The molecule has 0 unspecified atom stereocenters. The van der Waals surface area contributed by atoms with Gasteiger partial charge in [0.05, 0.1) is 6.20 Å². The zero-order valence-corrected chi connectivity index (χ0v) is 6.37. The largest absolute Gasteiger partial charge is 0.356 e. The van der Waals surface area contributed by atoms with E-state index in [0.717, 1.165) is 17.4 Å². The smallest absolute Gasteiger partial charge is 0.167 e. The van der Waals surface area contributed by atoms with Gasteiger partial charge in [-0.15, -0.1) is 0 Å². The van der Waals surface area contributed by atoms with Crippen molar-refractivity contribution in [3.63, 3.8) is 0 Å². The zero-order valence-electron chi connectivity index (χ0n) is 6.37. The van der Waals surface area contributed by atoms with Crippen LogP contribution in [0.2, 0.25) is 0 Å². The van der Waals surface area contributed by atoms with Gasteiger partial charge in [-0.05, 0) is 24.1 Å². The van der Waals surface area contributed by atoms with Crippen LogP contribution in [-0.2, 0) is 6.42 Å². The summed E-state index contributed by atoms with van der Waals surface area (Å²) in [7, 11) is 0. The highest BCUT2D eigenvalue weighted by atomic mass is 16.5. The molecular weight excluding hydrogens is 138 g/mol. The van der Waals surface area contributed by atoms with Gasteiger partial charge in [0.1, 0.15) is 0 Å². The quantitative estimate of drug-likeness (QED) is 0.619. The Balaban J connectivity index is 2.67. The fourth-order valence-corrected chi connectivity index (χ4v) is 1.12. The van der Waals surface area contributed by atoms with Gasteiger partial charge in [0.2, 0.25) is 0 Å². The van der Waals surface area contributed by atoms with E-state index in [1.165, 1.54) is 5.56 Å². The molecule has 2 aromatic rings. The number of rotatable bonds is 1. The summed E-state index contributed by atoms with van der Waals surface area (Å²) in [6, 6.07) is 6.16. The van der Waals surface area contributed by atoms with E-state index in [2.05, 4.69) is 18.1 Å². The molecule has 2 rings (SSSR count). The van der Waals surface area contributed by atoms with E-state index in [-0.39, 0.29) is 0 Å².